The highest BCUT2D eigenvalue weighted by Gasteiger charge is 1.99. The summed E-state index contributed by atoms with van der Waals surface area (Å²) in [7, 11) is 0. The molecule has 0 atom stereocenters. The summed E-state index contributed by atoms with van der Waals surface area (Å²) >= 11 is 0. The first-order valence-electron chi connectivity index (χ1n) is 3.14. The van der Waals surface area contributed by atoms with Crippen molar-refractivity contribution in [3.63, 3.8) is 0 Å². The average molecular weight is 147 g/mol. The van der Waals surface area contributed by atoms with Crippen molar-refractivity contribution in [1.82, 2.24) is 15.4 Å². The minimum absolute atomic E-state index is 0.708. The lowest BCUT2D eigenvalue weighted by atomic mass is 10.2. The highest BCUT2D eigenvalue weighted by atomic mass is 16.5. The first-order chi connectivity index (χ1) is 5.47. The van der Waals surface area contributed by atoms with E-state index in [1.54, 1.807) is 24.7 Å². The molecule has 0 aliphatic rings. The van der Waals surface area contributed by atoms with Gasteiger partial charge in [0.1, 0.15) is 0 Å². The predicted octanol–water partition coefficient (Wildman–Crippen LogP) is 1.13. The first-order valence-corrected chi connectivity index (χ1v) is 3.14. The van der Waals surface area contributed by atoms with E-state index in [0.717, 1.165) is 5.56 Å². The molecule has 0 saturated heterocycles. The SMILES string of the molecule is c1cc(-c2ccno2)cnn1. The van der Waals surface area contributed by atoms with Crippen LogP contribution in [-0.4, -0.2) is 15.4 Å². The van der Waals surface area contributed by atoms with Crippen LogP contribution in [0, 0.1) is 0 Å². The highest BCUT2D eigenvalue weighted by Crippen LogP contribution is 2.14. The van der Waals surface area contributed by atoms with Crippen LogP contribution in [0.3, 0.4) is 0 Å². The van der Waals surface area contributed by atoms with Crippen molar-refractivity contribution in [3.8, 4) is 11.3 Å². The molecular weight excluding hydrogens is 142 g/mol. The third-order valence-corrected chi connectivity index (χ3v) is 1.31. The summed E-state index contributed by atoms with van der Waals surface area (Å²) in [6, 6.07) is 3.59. The fraction of sp³-hybridized carbons (Fsp3) is 0. The van der Waals surface area contributed by atoms with Gasteiger partial charge in [-0.1, -0.05) is 5.16 Å². The smallest absolute Gasteiger partial charge is 0.168 e. The summed E-state index contributed by atoms with van der Waals surface area (Å²) in [6.45, 7) is 0. The van der Waals surface area contributed by atoms with Crippen molar-refractivity contribution in [3.05, 3.63) is 30.7 Å². The zero-order chi connectivity index (χ0) is 7.52. The maximum Gasteiger partial charge on any atom is 0.168 e. The normalized spacial score (nSPS) is 9.82. The lowest BCUT2D eigenvalue weighted by Gasteiger charge is -1.89. The Bertz CT molecular complexity index is 317. The zero-order valence-corrected chi connectivity index (χ0v) is 5.64. The van der Waals surface area contributed by atoms with Crippen molar-refractivity contribution in [1.29, 1.82) is 0 Å². The number of rotatable bonds is 1. The van der Waals surface area contributed by atoms with Crippen molar-refractivity contribution in [2.24, 2.45) is 0 Å². The van der Waals surface area contributed by atoms with Crippen LogP contribution in [0.25, 0.3) is 11.3 Å². The lowest BCUT2D eigenvalue weighted by molar-refractivity contribution is 0.432. The molecule has 2 aromatic rings. The van der Waals surface area contributed by atoms with Gasteiger partial charge in [0.15, 0.2) is 5.76 Å². The molecule has 0 radical (unpaired) electrons. The summed E-state index contributed by atoms with van der Waals surface area (Å²) in [6.07, 6.45) is 4.83. The predicted molar refractivity (Wildman–Crippen MR) is 37.5 cm³/mol. The van der Waals surface area contributed by atoms with Gasteiger partial charge in [0.25, 0.3) is 0 Å². The molecule has 0 fully saturated rings. The fourth-order valence-corrected chi connectivity index (χ4v) is 0.801. The van der Waals surface area contributed by atoms with Gasteiger partial charge in [-0.3, -0.25) is 0 Å². The topological polar surface area (TPSA) is 51.8 Å². The molecule has 2 rings (SSSR count). The Labute approximate surface area is 62.9 Å². The number of aromatic nitrogens is 3. The van der Waals surface area contributed by atoms with Gasteiger partial charge in [-0.2, -0.15) is 10.2 Å². The molecule has 0 unspecified atom stereocenters. The second-order valence-corrected chi connectivity index (χ2v) is 2.01. The van der Waals surface area contributed by atoms with Gasteiger partial charge in [0.2, 0.25) is 0 Å². The van der Waals surface area contributed by atoms with Gasteiger partial charge < -0.3 is 4.52 Å². The average Bonchev–Trinajstić information content (AvgIpc) is 2.58. The molecule has 4 nitrogen and oxygen atoms in total. The van der Waals surface area contributed by atoms with E-state index in [2.05, 4.69) is 15.4 Å². The van der Waals surface area contributed by atoms with E-state index in [-0.39, 0.29) is 0 Å². The van der Waals surface area contributed by atoms with Gasteiger partial charge in [-0.05, 0) is 6.07 Å². The highest BCUT2D eigenvalue weighted by molar-refractivity contribution is 5.53. The van der Waals surface area contributed by atoms with Gasteiger partial charge in [0.05, 0.1) is 18.6 Å². The molecule has 11 heavy (non-hydrogen) atoms. The van der Waals surface area contributed by atoms with Crippen LogP contribution in [0.2, 0.25) is 0 Å². The summed E-state index contributed by atoms with van der Waals surface area (Å²) in [5.41, 5.74) is 0.887. The zero-order valence-electron chi connectivity index (χ0n) is 5.64. The molecule has 0 aromatic carbocycles. The molecule has 0 bridgehead atoms. The number of hydrogen-bond donors (Lipinski definition) is 0. The Morgan fingerprint density at radius 2 is 2.09 bits per heavy atom. The van der Waals surface area contributed by atoms with E-state index in [4.69, 9.17) is 4.52 Å². The third-order valence-electron chi connectivity index (χ3n) is 1.31. The minimum Gasteiger partial charge on any atom is -0.356 e. The van der Waals surface area contributed by atoms with Gasteiger partial charge in [0, 0.05) is 11.6 Å². The molecular formula is C7H5N3O. The third kappa shape index (κ3) is 1.10. The number of nitrogens with zero attached hydrogens (tertiary/aromatic N) is 3. The lowest BCUT2D eigenvalue weighted by Crippen LogP contribution is -1.79. The molecule has 0 aliphatic carbocycles. The molecule has 0 spiro atoms. The van der Waals surface area contributed by atoms with Crippen LogP contribution in [0.15, 0.2) is 35.2 Å². The van der Waals surface area contributed by atoms with E-state index >= 15 is 0 Å². The Morgan fingerprint density at radius 1 is 1.09 bits per heavy atom. The van der Waals surface area contributed by atoms with Crippen molar-refractivity contribution in [2.45, 2.75) is 0 Å². The quantitative estimate of drug-likeness (QED) is 0.606. The van der Waals surface area contributed by atoms with Crippen LogP contribution in [0.1, 0.15) is 0 Å². The molecule has 2 heterocycles. The van der Waals surface area contributed by atoms with Crippen LogP contribution < -0.4 is 0 Å². The Kier molecular flexibility index (Phi) is 1.37. The van der Waals surface area contributed by atoms with Crippen LogP contribution in [-0.2, 0) is 0 Å². The first kappa shape index (κ1) is 6.03. The van der Waals surface area contributed by atoms with E-state index < -0.39 is 0 Å². The molecule has 0 N–H and O–H groups in total. The molecule has 0 aliphatic heterocycles. The largest absolute Gasteiger partial charge is 0.356 e. The van der Waals surface area contributed by atoms with Gasteiger partial charge in [-0.25, -0.2) is 0 Å². The maximum atomic E-state index is 4.90. The van der Waals surface area contributed by atoms with Crippen LogP contribution in [0.5, 0.6) is 0 Å². The molecule has 4 heteroatoms. The Morgan fingerprint density at radius 3 is 2.73 bits per heavy atom. The van der Waals surface area contributed by atoms with Crippen molar-refractivity contribution >= 4 is 0 Å². The van der Waals surface area contributed by atoms with E-state index in [1.165, 1.54) is 0 Å². The van der Waals surface area contributed by atoms with Crippen molar-refractivity contribution in [2.75, 3.05) is 0 Å². The van der Waals surface area contributed by atoms with Crippen LogP contribution >= 0.6 is 0 Å². The molecule has 54 valence electrons. The fourth-order valence-electron chi connectivity index (χ4n) is 0.801. The minimum atomic E-state index is 0.708. The van der Waals surface area contributed by atoms with E-state index in [9.17, 15) is 0 Å². The Hall–Kier alpha value is -1.71. The standard InChI is InChI=1S/C7H5N3O/c1-3-8-9-5-6(1)7-2-4-10-11-7/h1-5H. The summed E-state index contributed by atoms with van der Waals surface area (Å²) in [5.74, 6) is 0.708. The number of hydrogen-bond acceptors (Lipinski definition) is 4. The summed E-state index contributed by atoms with van der Waals surface area (Å²) in [4.78, 5) is 0. The van der Waals surface area contributed by atoms with Gasteiger partial charge in [-0.15, -0.1) is 0 Å². The Balaban J connectivity index is 2.46. The molecule has 0 saturated carbocycles. The summed E-state index contributed by atoms with van der Waals surface area (Å²) < 4.78 is 4.90. The van der Waals surface area contributed by atoms with E-state index in [1.807, 2.05) is 6.07 Å². The van der Waals surface area contributed by atoms with Gasteiger partial charge >= 0.3 is 0 Å². The second kappa shape index (κ2) is 2.49. The van der Waals surface area contributed by atoms with Crippen molar-refractivity contribution < 1.29 is 4.52 Å². The second-order valence-electron chi connectivity index (χ2n) is 2.01. The molecule has 0 amide bonds. The van der Waals surface area contributed by atoms with E-state index in [0.29, 0.717) is 5.76 Å². The summed E-state index contributed by atoms with van der Waals surface area (Å²) in [5, 5.41) is 10.9. The monoisotopic (exact) mass is 147 g/mol. The molecule has 2 aromatic heterocycles. The maximum absolute atomic E-state index is 4.90. The van der Waals surface area contributed by atoms with Crippen LogP contribution in [0.4, 0.5) is 0 Å².